The minimum Gasteiger partial charge on any atom is -0.308 e. The molecule has 2 aromatic rings. The Morgan fingerprint density at radius 1 is 1.29 bits per heavy atom. The van der Waals surface area contributed by atoms with Gasteiger partial charge in [0.05, 0.1) is 5.02 Å². The summed E-state index contributed by atoms with van der Waals surface area (Å²) in [5.41, 5.74) is 2.40. The first kappa shape index (κ1) is 9.18. The van der Waals surface area contributed by atoms with Crippen LogP contribution in [0.1, 0.15) is 0 Å². The number of nitrogens with one attached hydrogen (secondary N) is 1. The van der Waals surface area contributed by atoms with E-state index in [0.29, 0.717) is 16.6 Å². The summed E-state index contributed by atoms with van der Waals surface area (Å²) in [6, 6.07) is 4.70. The third-order valence-electron chi connectivity index (χ3n) is 1.97. The normalized spacial score (nSPS) is 10.5. The van der Waals surface area contributed by atoms with Crippen molar-refractivity contribution in [1.82, 2.24) is 4.98 Å². The number of fused-ring (bicyclic) bond motifs is 1. The molecule has 0 fully saturated rings. The maximum atomic E-state index is 13.5. The Hall–Kier alpha value is -1.39. The predicted molar refractivity (Wildman–Crippen MR) is 54.5 cm³/mol. The second-order valence-corrected chi connectivity index (χ2v) is 3.17. The van der Waals surface area contributed by atoms with Gasteiger partial charge in [-0.3, -0.25) is 0 Å². The molecule has 0 bridgehead atoms. The van der Waals surface area contributed by atoms with Crippen LogP contribution in [-0.4, -0.2) is 4.98 Å². The van der Waals surface area contributed by atoms with E-state index >= 15 is 0 Å². The Balaban J connectivity index is 2.86. The van der Waals surface area contributed by atoms with Gasteiger partial charge in [0, 0.05) is 17.0 Å². The number of hydrazine groups is 1. The van der Waals surface area contributed by atoms with Gasteiger partial charge in [-0.2, -0.15) is 0 Å². The van der Waals surface area contributed by atoms with Crippen LogP contribution in [0.25, 0.3) is 10.8 Å². The van der Waals surface area contributed by atoms with Gasteiger partial charge in [-0.1, -0.05) is 11.6 Å². The Kier molecular flexibility index (Phi) is 2.23. The summed E-state index contributed by atoms with van der Waals surface area (Å²) < 4.78 is 13.5. The smallest absolute Gasteiger partial charge is 0.149 e. The first-order chi connectivity index (χ1) is 6.74. The first-order valence-electron chi connectivity index (χ1n) is 3.93. The second kappa shape index (κ2) is 3.40. The van der Waals surface area contributed by atoms with Crippen molar-refractivity contribution in [2.24, 2.45) is 5.84 Å². The number of hydrogen-bond donors (Lipinski definition) is 2. The van der Waals surface area contributed by atoms with Gasteiger partial charge < -0.3 is 5.43 Å². The monoisotopic (exact) mass is 211 g/mol. The molecule has 5 heteroatoms. The SMILES string of the molecule is NNc1nccc2c(F)c(Cl)ccc12. The van der Waals surface area contributed by atoms with E-state index in [0.717, 1.165) is 0 Å². The molecular formula is C9H7ClFN3. The lowest BCUT2D eigenvalue weighted by Crippen LogP contribution is -2.08. The summed E-state index contributed by atoms with van der Waals surface area (Å²) in [5.74, 6) is 5.21. The third kappa shape index (κ3) is 1.29. The molecule has 0 radical (unpaired) electrons. The van der Waals surface area contributed by atoms with E-state index in [2.05, 4.69) is 10.4 Å². The Bertz CT molecular complexity index is 487. The standard InChI is InChI=1S/C9H7ClFN3/c10-7-2-1-6-5(8(7)11)3-4-13-9(6)14-12/h1-4H,12H2,(H,13,14). The van der Waals surface area contributed by atoms with E-state index in [-0.39, 0.29) is 5.02 Å². The van der Waals surface area contributed by atoms with Crippen LogP contribution in [0.2, 0.25) is 5.02 Å². The van der Waals surface area contributed by atoms with Crippen molar-refractivity contribution in [2.45, 2.75) is 0 Å². The van der Waals surface area contributed by atoms with Crippen LogP contribution in [0.4, 0.5) is 10.2 Å². The number of nitrogens with zero attached hydrogens (tertiary/aromatic N) is 1. The van der Waals surface area contributed by atoms with E-state index < -0.39 is 5.82 Å². The number of nitrogen functional groups attached to an aromatic ring is 1. The number of hydrogen-bond acceptors (Lipinski definition) is 3. The van der Waals surface area contributed by atoms with Crippen molar-refractivity contribution in [3.05, 3.63) is 35.2 Å². The highest BCUT2D eigenvalue weighted by molar-refractivity contribution is 6.31. The molecule has 1 aromatic carbocycles. The van der Waals surface area contributed by atoms with Crippen LogP contribution in [0.3, 0.4) is 0 Å². The van der Waals surface area contributed by atoms with Gasteiger partial charge in [0.25, 0.3) is 0 Å². The summed E-state index contributed by atoms with van der Waals surface area (Å²) in [6.07, 6.45) is 1.47. The van der Waals surface area contributed by atoms with Crippen molar-refractivity contribution in [3.8, 4) is 0 Å². The Morgan fingerprint density at radius 3 is 2.79 bits per heavy atom. The summed E-state index contributed by atoms with van der Waals surface area (Å²) in [4.78, 5) is 3.95. The lowest BCUT2D eigenvalue weighted by molar-refractivity contribution is 0.640. The number of halogens is 2. The number of anilines is 1. The molecule has 0 spiro atoms. The van der Waals surface area contributed by atoms with Gasteiger partial charge in [0.2, 0.25) is 0 Å². The molecular weight excluding hydrogens is 205 g/mol. The molecule has 14 heavy (non-hydrogen) atoms. The lowest BCUT2D eigenvalue weighted by Gasteiger charge is -2.05. The molecule has 0 aliphatic heterocycles. The summed E-state index contributed by atoms with van der Waals surface area (Å²) in [7, 11) is 0. The number of rotatable bonds is 1. The van der Waals surface area contributed by atoms with E-state index in [9.17, 15) is 4.39 Å². The van der Waals surface area contributed by atoms with E-state index in [1.807, 2.05) is 0 Å². The van der Waals surface area contributed by atoms with Crippen molar-refractivity contribution < 1.29 is 4.39 Å². The Morgan fingerprint density at radius 2 is 2.07 bits per heavy atom. The highest BCUT2D eigenvalue weighted by atomic mass is 35.5. The second-order valence-electron chi connectivity index (χ2n) is 2.76. The summed E-state index contributed by atoms with van der Waals surface area (Å²) >= 11 is 5.64. The highest BCUT2D eigenvalue weighted by Crippen LogP contribution is 2.27. The molecule has 0 aliphatic rings. The van der Waals surface area contributed by atoms with Crippen molar-refractivity contribution in [3.63, 3.8) is 0 Å². The zero-order valence-corrected chi connectivity index (χ0v) is 7.85. The largest absolute Gasteiger partial charge is 0.308 e. The maximum absolute atomic E-state index is 13.5. The number of aromatic nitrogens is 1. The van der Waals surface area contributed by atoms with Gasteiger partial charge in [-0.15, -0.1) is 0 Å². The molecule has 1 aromatic heterocycles. The molecule has 0 unspecified atom stereocenters. The zero-order valence-electron chi connectivity index (χ0n) is 7.09. The average Bonchev–Trinajstić information content (AvgIpc) is 2.23. The molecule has 3 N–H and O–H groups in total. The quantitative estimate of drug-likeness (QED) is 0.562. The van der Waals surface area contributed by atoms with Crippen molar-refractivity contribution >= 4 is 28.2 Å². The van der Waals surface area contributed by atoms with Gasteiger partial charge in [-0.25, -0.2) is 15.2 Å². The molecule has 2 rings (SSSR count). The highest BCUT2D eigenvalue weighted by Gasteiger charge is 2.08. The molecule has 0 atom stereocenters. The minimum atomic E-state index is -0.455. The third-order valence-corrected chi connectivity index (χ3v) is 2.26. The van der Waals surface area contributed by atoms with E-state index in [4.69, 9.17) is 17.4 Å². The van der Waals surface area contributed by atoms with Crippen LogP contribution in [0.5, 0.6) is 0 Å². The average molecular weight is 212 g/mol. The first-order valence-corrected chi connectivity index (χ1v) is 4.31. The Labute approximate surface area is 84.7 Å². The lowest BCUT2D eigenvalue weighted by atomic mass is 10.1. The van der Waals surface area contributed by atoms with Crippen LogP contribution in [0.15, 0.2) is 24.4 Å². The van der Waals surface area contributed by atoms with E-state index in [1.165, 1.54) is 12.3 Å². The summed E-state index contributed by atoms with van der Waals surface area (Å²) in [6.45, 7) is 0. The van der Waals surface area contributed by atoms with Crippen LogP contribution in [0, 0.1) is 5.82 Å². The van der Waals surface area contributed by atoms with Gasteiger partial charge >= 0.3 is 0 Å². The molecule has 0 saturated carbocycles. The molecule has 1 heterocycles. The summed E-state index contributed by atoms with van der Waals surface area (Å²) in [5, 5.41) is 1.10. The van der Waals surface area contributed by atoms with Crippen molar-refractivity contribution in [2.75, 3.05) is 5.43 Å². The molecule has 0 saturated heterocycles. The minimum absolute atomic E-state index is 0.0895. The van der Waals surface area contributed by atoms with Crippen molar-refractivity contribution in [1.29, 1.82) is 0 Å². The van der Waals surface area contributed by atoms with Gasteiger partial charge in [0.15, 0.2) is 0 Å². The zero-order chi connectivity index (χ0) is 10.1. The number of pyridine rings is 1. The maximum Gasteiger partial charge on any atom is 0.149 e. The van der Waals surface area contributed by atoms with Crippen LogP contribution in [-0.2, 0) is 0 Å². The van der Waals surface area contributed by atoms with Gasteiger partial charge in [-0.05, 0) is 18.2 Å². The molecule has 0 aliphatic carbocycles. The topological polar surface area (TPSA) is 50.9 Å². The molecule has 3 nitrogen and oxygen atoms in total. The van der Waals surface area contributed by atoms with Crippen LogP contribution < -0.4 is 11.3 Å². The number of nitrogens with two attached hydrogens (primary N) is 1. The fourth-order valence-electron chi connectivity index (χ4n) is 1.31. The molecule has 0 amide bonds. The molecule has 72 valence electrons. The fraction of sp³-hybridized carbons (Fsp3) is 0. The fourth-order valence-corrected chi connectivity index (χ4v) is 1.47. The van der Waals surface area contributed by atoms with Gasteiger partial charge in [0.1, 0.15) is 11.6 Å². The predicted octanol–water partition coefficient (Wildman–Crippen LogP) is 2.31. The number of benzene rings is 1. The van der Waals surface area contributed by atoms with E-state index in [1.54, 1.807) is 12.1 Å². The van der Waals surface area contributed by atoms with Crippen LogP contribution >= 0.6 is 11.6 Å².